The van der Waals surface area contributed by atoms with Gasteiger partial charge in [-0.15, -0.1) is 0 Å². The molecule has 122 valence electrons. The van der Waals surface area contributed by atoms with Crippen LogP contribution in [0.1, 0.15) is 16.7 Å². The molecule has 0 saturated carbocycles. The summed E-state index contributed by atoms with van der Waals surface area (Å²) in [6.07, 6.45) is 0. The fraction of sp³-hybridized carbons (Fsp3) is 0. The molecule has 0 aliphatic carbocycles. The van der Waals surface area contributed by atoms with Crippen LogP contribution in [0.3, 0.4) is 0 Å². The number of benzene rings is 3. The van der Waals surface area contributed by atoms with E-state index in [0.717, 1.165) is 42.9 Å². The summed E-state index contributed by atoms with van der Waals surface area (Å²) in [6.45, 7) is 0. The second-order valence-electron chi connectivity index (χ2n) is 5.57. The third kappa shape index (κ3) is 3.43. The SMILES string of the molecule is Brc1ccc(C2=Nc3ccc(Br)cc3C(c3ccccc3)=NN2)cc1. The highest BCUT2D eigenvalue weighted by Crippen LogP contribution is 2.28. The molecule has 0 radical (unpaired) electrons. The van der Waals surface area contributed by atoms with Gasteiger partial charge in [0.15, 0.2) is 5.84 Å². The van der Waals surface area contributed by atoms with Crippen molar-refractivity contribution in [3.63, 3.8) is 0 Å². The summed E-state index contributed by atoms with van der Waals surface area (Å²) in [4.78, 5) is 4.81. The van der Waals surface area contributed by atoms with Gasteiger partial charge in [0.05, 0.1) is 5.69 Å². The van der Waals surface area contributed by atoms with E-state index in [4.69, 9.17) is 4.99 Å². The van der Waals surface area contributed by atoms with Crippen molar-refractivity contribution in [3.8, 4) is 0 Å². The first-order chi connectivity index (χ1) is 12.2. The fourth-order valence-electron chi connectivity index (χ4n) is 2.66. The third-order valence-corrected chi connectivity index (χ3v) is 4.91. The molecule has 0 fully saturated rings. The lowest BCUT2D eigenvalue weighted by Gasteiger charge is -2.08. The number of hydrogen-bond donors (Lipinski definition) is 1. The van der Waals surface area contributed by atoms with Crippen molar-refractivity contribution in [3.05, 3.63) is 98.4 Å². The van der Waals surface area contributed by atoms with Crippen molar-refractivity contribution in [2.75, 3.05) is 0 Å². The number of rotatable bonds is 2. The number of hydrogen-bond acceptors (Lipinski definition) is 3. The maximum atomic E-state index is 4.81. The number of aliphatic imine (C=N–C) groups is 1. The minimum absolute atomic E-state index is 0.724. The Kier molecular flexibility index (Phi) is 4.51. The van der Waals surface area contributed by atoms with E-state index < -0.39 is 0 Å². The van der Waals surface area contributed by atoms with Crippen molar-refractivity contribution in [1.29, 1.82) is 0 Å². The van der Waals surface area contributed by atoms with Gasteiger partial charge in [-0.05, 0) is 30.3 Å². The van der Waals surface area contributed by atoms with Gasteiger partial charge in [0.25, 0.3) is 0 Å². The molecule has 0 aromatic heterocycles. The van der Waals surface area contributed by atoms with Crippen LogP contribution < -0.4 is 5.43 Å². The highest BCUT2D eigenvalue weighted by Gasteiger charge is 2.17. The van der Waals surface area contributed by atoms with E-state index in [2.05, 4.69) is 60.6 Å². The van der Waals surface area contributed by atoms with Crippen molar-refractivity contribution >= 4 is 49.1 Å². The molecule has 0 atom stereocenters. The largest absolute Gasteiger partial charge is 0.260 e. The summed E-state index contributed by atoms with van der Waals surface area (Å²) >= 11 is 7.02. The van der Waals surface area contributed by atoms with Crippen LogP contribution in [0.15, 0.2) is 91.8 Å². The Morgan fingerprint density at radius 1 is 0.720 bits per heavy atom. The van der Waals surface area contributed by atoms with Crippen LogP contribution in [-0.2, 0) is 0 Å². The minimum atomic E-state index is 0.724. The van der Waals surface area contributed by atoms with Gasteiger partial charge in [-0.1, -0.05) is 74.3 Å². The maximum Gasteiger partial charge on any atom is 0.154 e. The normalized spacial score (nSPS) is 13.2. The molecule has 0 spiro atoms. The summed E-state index contributed by atoms with van der Waals surface area (Å²) in [5.74, 6) is 0.724. The van der Waals surface area contributed by atoms with Crippen molar-refractivity contribution in [2.24, 2.45) is 10.1 Å². The quantitative estimate of drug-likeness (QED) is 0.534. The van der Waals surface area contributed by atoms with Crippen molar-refractivity contribution in [2.45, 2.75) is 0 Å². The lowest BCUT2D eigenvalue weighted by atomic mass is 10.0. The van der Waals surface area contributed by atoms with Gasteiger partial charge in [0, 0.05) is 25.6 Å². The van der Waals surface area contributed by atoms with Crippen LogP contribution in [-0.4, -0.2) is 11.5 Å². The summed E-state index contributed by atoms with van der Waals surface area (Å²) < 4.78 is 2.03. The highest BCUT2D eigenvalue weighted by atomic mass is 79.9. The molecule has 3 aromatic carbocycles. The summed E-state index contributed by atoms with van der Waals surface area (Å²) in [7, 11) is 0. The van der Waals surface area contributed by atoms with E-state index in [0.29, 0.717) is 0 Å². The van der Waals surface area contributed by atoms with Gasteiger partial charge in [0.2, 0.25) is 0 Å². The van der Waals surface area contributed by atoms with Crippen LogP contribution in [0.4, 0.5) is 5.69 Å². The second-order valence-corrected chi connectivity index (χ2v) is 7.40. The van der Waals surface area contributed by atoms with Gasteiger partial charge < -0.3 is 0 Å². The number of halogens is 2. The first-order valence-electron chi connectivity index (χ1n) is 7.74. The molecule has 0 amide bonds. The van der Waals surface area contributed by atoms with Gasteiger partial charge in [0.1, 0.15) is 5.71 Å². The van der Waals surface area contributed by atoms with Crippen molar-refractivity contribution < 1.29 is 0 Å². The smallest absolute Gasteiger partial charge is 0.154 e. The zero-order chi connectivity index (χ0) is 17.2. The number of hydrazone groups is 1. The Hall–Kier alpha value is -2.24. The topological polar surface area (TPSA) is 36.8 Å². The molecule has 3 nitrogen and oxygen atoms in total. The summed E-state index contributed by atoms with van der Waals surface area (Å²) in [5, 5.41) is 4.66. The van der Waals surface area contributed by atoms with E-state index >= 15 is 0 Å². The van der Waals surface area contributed by atoms with Crippen LogP contribution in [0.5, 0.6) is 0 Å². The van der Waals surface area contributed by atoms with Crippen LogP contribution in [0.25, 0.3) is 0 Å². The van der Waals surface area contributed by atoms with Gasteiger partial charge >= 0.3 is 0 Å². The Labute approximate surface area is 162 Å². The van der Waals surface area contributed by atoms with Crippen molar-refractivity contribution in [1.82, 2.24) is 5.43 Å². The molecule has 0 saturated heterocycles. The van der Waals surface area contributed by atoms with E-state index in [1.165, 1.54) is 0 Å². The molecule has 1 aliphatic heterocycles. The van der Waals surface area contributed by atoms with E-state index in [9.17, 15) is 0 Å². The zero-order valence-electron chi connectivity index (χ0n) is 13.1. The average Bonchev–Trinajstić information content (AvgIpc) is 2.82. The predicted octanol–water partition coefficient (Wildman–Crippen LogP) is 5.65. The molecule has 0 bridgehead atoms. The lowest BCUT2D eigenvalue weighted by Crippen LogP contribution is -2.19. The number of nitrogens with zero attached hydrogens (tertiary/aromatic N) is 2. The Morgan fingerprint density at radius 3 is 2.20 bits per heavy atom. The first-order valence-corrected chi connectivity index (χ1v) is 9.33. The molecule has 1 heterocycles. The third-order valence-electron chi connectivity index (χ3n) is 3.88. The Bertz CT molecular complexity index is 978. The molecule has 1 N–H and O–H groups in total. The molecular weight excluding hydrogens is 442 g/mol. The first kappa shape index (κ1) is 16.2. The monoisotopic (exact) mass is 453 g/mol. The zero-order valence-corrected chi connectivity index (χ0v) is 16.3. The molecule has 5 heteroatoms. The lowest BCUT2D eigenvalue weighted by molar-refractivity contribution is 1.03. The molecule has 0 unspecified atom stereocenters. The average molecular weight is 455 g/mol. The number of nitrogens with one attached hydrogen (secondary N) is 1. The van der Waals surface area contributed by atoms with Crippen LogP contribution in [0.2, 0.25) is 0 Å². The summed E-state index contributed by atoms with van der Waals surface area (Å²) in [5.41, 5.74) is 7.90. The van der Waals surface area contributed by atoms with E-state index in [1.54, 1.807) is 0 Å². The van der Waals surface area contributed by atoms with Gasteiger partial charge in [-0.2, -0.15) is 5.10 Å². The van der Waals surface area contributed by atoms with Gasteiger partial charge in [-0.25, -0.2) is 4.99 Å². The van der Waals surface area contributed by atoms with Gasteiger partial charge in [-0.3, -0.25) is 5.43 Å². The molecular formula is C20H13Br2N3. The predicted molar refractivity (Wildman–Crippen MR) is 110 cm³/mol. The Morgan fingerprint density at radius 2 is 1.44 bits per heavy atom. The van der Waals surface area contributed by atoms with Crippen LogP contribution in [0, 0.1) is 0 Å². The fourth-order valence-corrected chi connectivity index (χ4v) is 3.29. The number of amidine groups is 1. The second kappa shape index (κ2) is 6.94. The standard InChI is InChI=1S/C20H13Br2N3/c21-15-8-6-14(7-9-15)20-23-18-11-10-16(22)12-17(18)19(24-25-20)13-4-2-1-3-5-13/h1-12H,(H,23,25). The molecule has 3 aromatic rings. The molecule has 25 heavy (non-hydrogen) atoms. The highest BCUT2D eigenvalue weighted by molar-refractivity contribution is 9.10. The molecule has 1 aliphatic rings. The maximum absolute atomic E-state index is 4.81. The minimum Gasteiger partial charge on any atom is -0.260 e. The molecule has 4 rings (SSSR count). The Balaban J connectivity index is 1.87. The van der Waals surface area contributed by atoms with E-state index in [-0.39, 0.29) is 0 Å². The summed E-state index contributed by atoms with van der Waals surface area (Å²) in [6, 6.07) is 24.2. The van der Waals surface area contributed by atoms with E-state index in [1.807, 2.05) is 54.6 Å². The van der Waals surface area contributed by atoms with Crippen LogP contribution >= 0.6 is 31.9 Å². The number of fused-ring (bicyclic) bond motifs is 1.